The molecule has 0 saturated carbocycles. The van der Waals surface area contributed by atoms with Crippen LogP contribution in [0, 0.1) is 12.7 Å². The van der Waals surface area contributed by atoms with E-state index >= 15 is 0 Å². The number of halogens is 1. The number of nitrogens with zero attached hydrogens (tertiary/aromatic N) is 6. The van der Waals surface area contributed by atoms with Crippen molar-refractivity contribution in [3.63, 3.8) is 0 Å². The van der Waals surface area contributed by atoms with Crippen LogP contribution in [-0.4, -0.2) is 49.0 Å². The molecule has 0 unspecified atom stereocenters. The first-order valence-corrected chi connectivity index (χ1v) is 11.3. The molecule has 3 heterocycles. The number of fused-ring (bicyclic) bond motifs is 1. The van der Waals surface area contributed by atoms with Crippen molar-refractivity contribution in [2.75, 3.05) is 13.1 Å². The van der Waals surface area contributed by atoms with Crippen molar-refractivity contribution >= 4 is 16.9 Å². The Bertz CT molecular complexity index is 1290. The summed E-state index contributed by atoms with van der Waals surface area (Å²) >= 11 is 0. The Morgan fingerprint density at radius 3 is 2.64 bits per heavy atom. The highest BCUT2D eigenvalue weighted by molar-refractivity contribution is 5.80. The van der Waals surface area contributed by atoms with Gasteiger partial charge in [-0.25, -0.2) is 9.07 Å². The summed E-state index contributed by atoms with van der Waals surface area (Å²) < 4.78 is 21.0. The van der Waals surface area contributed by atoms with Gasteiger partial charge in [-0.3, -0.25) is 4.79 Å². The van der Waals surface area contributed by atoms with Crippen LogP contribution in [0.15, 0.2) is 40.9 Å². The lowest BCUT2D eigenvalue weighted by Crippen LogP contribution is -2.32. The molecule has 2 aromatic carbocycles. The smallest absolute Gasteiger partial charge is 0.258 e. The number of hydrogen-bond acceptors (Lipinski definition) is 6. The number of carbonyl (C=O) groups excluding carboxylic acids is 1. The van der Waals surface area contributed by atoms with Gasteiger partial charge < -0.3 is 9.42 Å². The van der Waals surface area contributed by atoms with E-state index in [1.807, 2.05) is 23.1 Å². The molecule has 0 bridgehead atoms. The number of hydrogen-bond donors (Lipinski definition) is 0. The first-order valence-electron chi connectivity index (χ1n) is 11.3. The highest BCUT2D eigenvalue weighted by Gasteiger charge is 2.17. The SMILES string of the molecule is Cc1ccc(-c2nc(-c3ccc4c(c3)nnn4CCC(=O)N3CCCCCC3)no2)cc1F. The molecular formula is C24H25FN6O2. The summed E-state index contributed by atoms with van der Waals surface area (Å²) in [6.07, 6.45) is 4.96. The fourth-order valence-electron chi connectivity index (χ4n) is 4.14. The molecule has 5 rings (SSSR count). The second-order valence-corrected chi connectivity index (χ2v) is 8.45. The molecule has 8 nitrogen and oxygen atoms in total. The van der Waals surface area contributed by atoms with Gasteiger partial charge in [-0.2, -0.15) is 4.98 Å². The summed E-state index contributed by atoms with van der Waals surface area (Å²) in [5.74, 6) is 0.488. The van der Waals surface area contributed by atoms with E-state index in [1.54, 1.807) is 23.7 Å². The maximum absolute atomic E-state index is 13.9. The van der Waals surface area contributed by atoms with E-state index in [9.17, 15) is 9.18 Å². The number of aryl methyl sites for hydroxylation is 2. The second-order valence-electron chi connectivity index (χ2n) is 8.45. The molecule has 33 heavy (non-hydrogen) atoms. The molecule has 1 aliphatic rings. The number of carbonyl (C=O) groups is 1. The van der Waals surface area contributed by atoms with E-state index < -0.39 is 0 Å². The summed E-state index contributed by atoms with van der Waals surface area (Å²) in [6.45, 7) is 3.88. The van der Waals surface area contributed by atoms with Crippen molar-refractivity contribution in [1.82, 2.24) is 30.0 Å². The zero-order chi connectivity index (χ0) is 22.8. The van der Waals surface area contributed by atoms with Gasteiger partial charge >= 0.3 is 0 Å². The molecule has 1 aliphatic heterocycles. The molecule has 0 aliphatic carbocycles. The summed E-state index contributed by atoms with van der Waals surface area (Å²) in [7, 11) is 0. The predicted octanol–water partition coefficient (Wildman–Crippen LogP) is 4.39. The van der Waals surface area contributed by atoms with Gasteiger partial charge in [0.2, 0.25) is 11.7 Å². The maximum Gasteiger partial charge on any atom is 0.258 e. The highest BCUT2D eigenvalue weighted by Crippen LogP contribution is 2.26. The van der Waals surface area contributed by atoms with Crippen LogP contribution in [0.25, 0.3) is 33.9 Å². The molecule has 9 heteroatoms. The van der Waals surface area contributed by atoms with E-state index in [1.165, 1.54) is 18.9 Å². The van der Waals surface area contributed by atoms with Gasteiger partial charge in [0.15, 0.2) is 0 Å². The van der Waals surface area contributed by atoms with E-state index in [-0.39, 0.29) is 17.6 Å². The summed E-state index contributed by atoms with van der Waals surface area (Å²) in [5, 5.41) is 12.5. The van der Waals surface area contributed by atoms with Crippen LogP contribution in [0.5, 0.6) is 0 Å². The normalized spacial score (nSPS) is 14.5. The van der Waals surface area contributed by atoms with Crippen LogP contribution < -0.4 is 0 Å². The van der Waals surface area contributed by atoms with Crippen molar-refractivity contribution in [1.29, 1.82) is 0 Å². The first-order chi connectivity index (χ1) is 16.1. The summed E-state index contributed by atoms with van der Waals surface area (Å²) in [6, 6.07) is 10.4. The Morgan fingerprint density at radius 2 is 1.85 bits per heavy atom. The zero-order valence-electron chi connectivity index (χ0n) is 18.5. The number of amides is 1. The van der Waals surface area contributed by atoms with Crippen LogP contribution in [-0.2, 0) is 11.3 Å². The van der Waals surface area contributed by atoms with Gasteiger partial charge in [0.25, 0.3) is 5.89 Å². The lowest BCUT2D eigenvalue weighted by atomic mass is 10.1. The predicted molar refractivity (Wildman–Crippen MR) is 121 cm³/mol. The monoisotopic (exact) mass is 448 g/mol. The minimum Gasteiger partial charge on any atom is -0.343 e. The number of benzene rings is 2. The first kappa shape index (κ1) is 21.2. The molecule has 4 aromatic rings. The Balaban J connectivity index is 1.30. The summed E-state index contributed by atoms with van der Waals surface area (Å²) in [5.41, 5.74) is 3.32. The average Bonchev–Trinajstić information content (AvgIpc) is 3.38. The topological polar surface area (TPSA) is 89.9 Å². The van der Waals surface area contributed by atoms with E-state index in [2.05, 4.69) is 20.5 Å². The van der Waals surface area contributed by atoms with Gasteiger partial charge in [0.05, 0.1) is 12.1 Å². The quantitative estimate of drug-likeness (QED) is 0.450. The Morgan fingerprint density at radius 1 is 1.06 bits per heavy atom. The fraction of sp³-hybridized carbons (Fsp3) is 0.375. The van der Waals surface area contributed by atoms with Crippen molar-refractivity contribution in [2.45, 2.75) is 45.6 Å². The molecular weight excluding hydrogens is 423 g/mol. The standard InChI is InChI=1S/C24H25FN6O2/c1-16-6-7-18(14-19(16)25)24-26-23(28-33-24)17-8-9-21-20(15-17)27-29-31(21)13-10-22(32)30-11-4-2-3-5-12-30/h6-9,14-15H,2-5,10-13H2,1H3. The molecule has 0 N–H and O–H groups in total. The number of rotatable bonds is 5. The lowest BCUT2D eigenvalue weighted by Gasteiger charge is -2.20. The molecule has 0 spiro atoms. The van der Waals surface area contributed by atoms with E-state index in [0.717, 1.165) is 37.0 Å². The average molecular weight is 449 g/mol. The molecule has 0 atom stereocenters. The van der Waals surface area contributed by atoms with Gasteiger partial charge in [-0.15, -0.1) is 5.10 Å². The summed E-state index contributed by atoms with van der Waals surface area (Å²) in [4.78, 5) is 19.0. The van der Waals surface area contributed by atoms with Crippen LogP contribution in [0.2, 0.25) is 0 Å². The van der Waals surface area contributed by atoms with Gasteiger partial charge in [-0.05, 0) is 55.7 Å². The van der Waals surface area contributed by atoms with Crippen LogP contribution >= 0.6 is 0 Å². The largest absolute Gasteiger partial charge is 0.343 e. The van der Waals surface area contributed by atoms with Gasteiger partial charge in [0, 0.05) is 30.6 Å². The highest BCUT2D eigenvalue weighted by atomic mass is 19.1. The molecule has 170 valence electrons. The fourth-order valence-corrected chi connectivity index (χ4v) is 4.14. The Hall–Kier alpha value is -3.62. The number of aromatic nitrogens is 5. The van der Waals surface area contributed by atoms with Crippen molar-refractivity contribution < 1.29 is 13.7 Å². The molecule has 1 amide bonds. The molecule has 1 saturated heterocycles. The number of likely N-dealkylation sites (tertiary alicyclic amines) is 1. The minimum absolute atomic E-state index is 0.170. The molecule has 1 fully saturated rings. The van der Waals surface area contributed by atoms with Gasteiger partial charge in [0.1, 0.15) is 11.3 Å². The third kappa shape index (κ3) is 4.48. The Kier molecular flexibility index (Phi) is 5.85. The van der Waals surface area contributed by atoms with Crippen LogP contribution in [0.4, 0.5) is 4.39 Å². The second kappa shape index (κ2) is 9.09. The lowest BCUT2D eigenvalue weighted by molar-refractivity contribution is -0.131. The van der Waals surface area contributed by atoms with Crippen molar-refractivity contribution in [3.05, 3.63) is 47.8 Å². The van der Waals surface area contributed by atoms with Gasteiger partial charge in [-0.1, -0.05) is 29.3 Å². The van der Waals surface area contributed by atoms with Crippen LogP contribution in [0.1, 0.15) is 37.7 Å². The Labute approximate surface area is 190 Å². The van der Waals surface area contributed by atoms with E-state index in [0.29, 0.717) is 35.4 Å². The van der Waals surface area contributed by atoms with Crippen molar-refractivity contribution in [3.8, 4) is 22.8 Å². The minimum atomic E-state index is -0.320. The van der Waals surface area contributed by atoms with E-state index in [4.69, 9.17) is 4.52 Å². The zero-order valence-corrected chi connectivity index (χ0v) is 18.5. The third-order valence-corrected chi connectivity index (χ3v) is 6.11. The molecule has 0 radical (unpaired) electrons. The maximum atomic E-state index is 13.9. The molecule has 2 aromatic heterocycles. The third-order valence-electron chi connectivity index (χ3n) is 6.11. The van der Waals surface area contributed by atoms with Crippen LogP contribution in [0.3, 0.4) is 0 Å². The van der Waals surface area contributed by atoms with Crippen molar-refractivity contribution in [2.24, 2.45) is 0 Å².